The third-order valence-electron chi connectivity index (χ3n) is 4.02. The van der Waals surface area contributed by atoms with Crippen LogP contribution >= 0.6 is 11.8 Å². The zero-order valence-electron chi connectivity index (χ0n) is 15.5. The molecule has 9 nitrogen and oxygen atoms in total. The third-order valence-corrected chi connectivity index (χ3v) is 5.05. The molecule has 1 heterocycles. The summed E-state index contributed by atoms with van der Waals surface area (Å²) in [5.74, 6) is -0.256. The Hall–Kier alpha value is -3.27. The predicted octanol–water partition coefficient (Wildman–Crippen LogP) is 3.31. The van der Waals surface area contributed by atoms with Gasteiger partial charge in [0.25, 0.3) is 5.69 Å². The van der Waals surface area contributed by atoms with Gasteiger partial charge in [-0.15, -0.1) is 5.10 Å². The number of amides is 1. The molecule has 3 aromatic rings. The van der Waals surface area contributed by atoms with Gasteiger partial charge in [-0.1, -0.05) is 29.5 Å². The molecule has 28 heavy (non-hydrogen) atoms. The van der Waals surface area contributed by atoms with Gasteiger partial charge in [0.1, 0.15) is 0 Å². The molecule has 0 saturated carbocycles. The van der Waals surface area contributed by atoms with Crippen LogP contribution in [0.5, 0.6) is 0 Å². The molecule has 1 amide bonds. The Morgan fingerprint density at radius 2 is 1.93 bits per heavy atom. The molecule has 1 aromatic heterocycles. The summed E-state index contributed by atoms with van der Waals surface area (Å²) < 4.78 is 1.61. The minimum absolute atomic E-state index is 0.0342. The summed E-state index contributed by atoms with van der Waals surface area (Å²) in [6.45, 7) is 5.73. The van der Waals surface area contributed by atoms with Crippen molar-refractivity contribution in [3.63, 3.8) is 0 Å². The van der Waals surface area contributed by atoms with Gasteiger partial charge in [0, 0.05) is 17.8 Å². The molecule has 2 aromatic carbocycles. The van der Waals surface area contributed by atoms with E-state index in [-0.39, 0.29) is 11.6 Å². The zero-order valence-corrected chi connectivity index (χ0v) is 16.3. The maximum absolute atomic E-state index is 12.5. The maximum atomic E-state index is 12.5. The minimum atomic E-state index is -0.489. The van der Waals surface area contributed by atoms with Crippen molar-refractivity contribution in [1.29, 1.82) is 0 Å². The second-order valence-electron chi connectivity index (χ2n) is 6.22. The average molecular weight is 398 g/mol. The molecule has 0 aliphatic rings. The SMILES string of the molecule is Cc1ccc(-n2nnnc2SC(C)C(=O)Nc2ccc([N+](=O)[O-])cc2)c(C)c1. The quantitative estimate of drug-likeness (QED) is 0.385. The molecule has 0 spiro atoms. The fraction of sp³-hybridized carbons (Fsp3) is 0.222. The van der Waals surface area contributed by atoms with Crippen LogP contribution in [0.15, 0.2) is 47.6 Å². The van der Waals surface area contributed by atoms with Crippen LogP contribution in [0.4, 0.5) is 11.4 Å². The number of carbonyl (C=O) groups is 1. The molecule has 0 aliphatic carbocycles. The van der Waals surface area contributed by atoms with Gasteiger partial charge >= 0.3 is 0 Å². The topological polar surface area (TPSA) is 116 Å². The first-order valence-electron chi connectivity index (χ1n) is 8.43. The summed E-state index contributed by atoms with van der Waals surface area (Å²) in [4.78, 5) is 22.7. The first-order chi connectivity index (χ1) is 13.3. The molecule has 10 heteroatoms. The highest BCUT2D eigenvalue weighted by molar-refractivity contribution is 8.00. The largest absolute Gasteiger partial charge is 0.325 e. The lowest BCUT2D eigenvalue weighted by atomic mass is 10.1. The van der Waals surface area contributed by atoms with Crippen molar-refractivity contribution in [2.75, 3.05) is 5.32 Å². The van der Waals surface area contributed by atoms with E-state index in [1.165, 1.54) is 36.0 Å². The van der Waals surface area contributed by atoms with Gasteiger partial charge in [-0.25, -0.2) is 0 Å². The monoisotopic (exact) mass is 398 g/mol. The maximum Gasteiger partial charge on any atom is 0.269 e. The van der Waals surface area contributed by atoms with E-state index in [9.17, 15) is 14.9 Å². The lowest BCUT2D eigenvalue weighted by Crippen LogP contribution is -2.23. The van der Waals surface area contributed by atoms with Gasteiger partial charge in [0.2, 0.25) is 11.1 Å². The van der Waals surface area contributed by atoms with E-state index in [2.05, 4.69) is 20.8 Å². The number of nitro groups is 1. The van der Waals surface area contributed by atoms with Gasteiger partial charge in [0.05, 0.1) is 15.9 Å². The van der Waals surface area contributed by atoms with E-state index < -0.39 is 10.2 Å². The average Bonchev–Trinajstić information content (AvgIpc) is 3.10. The van der Waals surface area contributed by atoms with Crippen LogP contribution in [0.1, 0.15) is 18.1 Å². The van der Waals surface area contributed by atoms with Gasteiger partial charge < -0.3 is 5.32 Å². The summed E-state index contributed by atoms with van der Waals surface area (Å²) >= 11 is 1.23. The molecule has 1 unspecified atom stereocenters. The number of tetrazole rings is 1. The van der Waals surface area contributed by atoms with E-state index in [1.807, 2.05) is 32.0 Å². The smallest absolute Gasteiger partial charge is 0.269 e. The molecule has 0 radical (unpaired) electrons. The summed E-state index contributed by atoms with van der Waals surface area (Å²) in [6.07, 6.45) is 0. The second kappa shape index (κ2) is 8.17. The van der Waals surface area contributed by atoms with Crippen molar-refractivity contribution in [2.45, 2.75) is 31.2 Å². The van der Waals surface area contributed by atoms with Gasteiger partial charge in [-0.2, -0.15) is 4.68 Å². The summed E-state index contributed by atoms with van der Waals surface area (Å²) in [6, 6.07) is 11.6. The Kier molecular flexibility index (Phi) is 5.69. The Morgan fingerprint density at radius 3 is 2.57 bits per heavy atom. The van der Waals surface area contributed by atoms with Crippen LogP contribution in [0, 0.1) is 24.0 Å². The van der Waals surface area contributed by atoms with Crippen LogP contribution in [0.3, 0.4) is 0 Å². The predicted molar refractivity (Wildman–Crippen MR) is 106 cm³/mol. The molecular weight excluding hydrogens is 380 g/mol. The Balaban J connectivity index is 1.71. The van der Waals surface area contributed by atoms with Crippen LogP contribution in [0.2, 0.25) is 0 Å². The molecule has 0 saturated heterocycles. The first kappa shape index (κ1) is 19.5. The Bertz CT molecular complexity index is 1020. The van der Waals surface area contributed by atoms with Crippen molar-refractivity contribution in [3.05, 3.63) is 63.7 Å². The van der Waals surface area contributed by atoms with Crippen molar-refractivity contribution < 1.29 is 9.72 Å². The number of nitro benzene ring substituents is 1. The number of nitrogens with zero attached hydrogens (tertiary/aromatic N) is 5. The second-order valence-corrected chi connectivity index (χ2v) is 7.52. The molecular formula is C18H18N6O3S. The number of nitrogens with one attached hydrogen (secondary N) is 1. The fourth-order valence-corrected chi connectivity index (χ4v) is 3.37. The lowest BCUT2D eigenvalue weighted by Gasteiger charge is -2.12. The highest BCUT2D eigenvalue weighted by atomic mass is 32.2. The summed E-state index contributed by atoms with van der Waals surface area (Å²) in [7, 11) is 0. The van der Waals surface area contributed by atoms with Crippen molar-refractivity contribution in [2.24, 2.45) is 0 Å². The number of hydrogen-bond acceptors (Lipinski definition) is 7. The van der Waals surface area contributed by atoms with Crippen LogP contribution < -0.4 is 5.32 Å². The number of non-ortho nitro benzene ring substituents is 1. The first-order valence-corrected chi connectivity index (χ1v) is 9.31. The van der Waals surface area contributed by atoms with E-state index in [0.29, 0.717) is 10.8 Å². The molecule has 3 rings (SSSR count). The number of aryl methyl sites for hydroxylation is 2. The Labute approximate surface area is 165 Å². The molecule has 1 N–H and O–H groups in total. The highest BCUT2D eigenvalue weighted by Gasteiger charge is 2.20. The number of benzene rings is 2. The van der Waals surface area contributed by atoms with Crippen LogP contribution in [-0.2, 0) is 4.79 Å². The van der Waals surface area contributed by atoms with Gasteiger partial charge in [0.15, 0.2) is 0 Å². The third kappa shape index (κ3) is 4.34. The molecule has 0 bridgehead atoms. The number of rotatable bonds is 6. The molecule has 0 fully saturated rings. The van der Waals surface area contributed by atoms with Crippen LogP contribution in [-0.4, -0.2) is 36.3 Å². The highest BCUT2D eigenvalue weighted by Crippen LogP contribution is 2.26. The Morgan fingerprint density at radius 1 is 1.21 bits per heavy atom. The summed E-state index contributed by atoms with van der Waals surface area (Å²) in [5.41, 5.74) is 3.46. The number of hydrogen-bond donors (Lipinski definition) is 1. The van der Waals surface area contributed by atoms with Crippen molar-refractivity contribution in [1.82, 2.24) is 20.2 Å². The van der Waals surface area contributed by atoms with E-state index in [1.54, 1.807) is 11.6 Å². The number of carbonyl (C=O) groups excluding carboxylic acids is 1. The summed E-state index contributed by atoms with van der Waals surface area (Å²) in [5, 5.41) is 25.3. The molecule has 144 valence electrons. The van der Waals surface area contributed by atoms with Gasteiger partial charge in [-0.05, 0) is 55.0 Å². The normalized spacial score (nSPS) is 11.8. The fourth-order valence-electron chi connectivity index (χ4n) is 2.57. The zero-order chi connectivity index (χ0) is 20.3. The van der Waals surface area contributed by atoms with Crippen LogP contribution in [0.25, 0.3) is 5.69 Å². The lowest BCUT2D eigenvalue weighted by molar-refractivity contribution is -0.384. The van der Waals surface area contributed by atoms with E-state index in [0.717, 1.165) is 16.8 Å². The standard InChI is InChI=1S/C18H18N6O3S/c1-11-4-9-16(12(2)10-11)23-18(20-21-22-23)28-13(3)17(25)19-14-5-7-15(8-6-14)24(26)27/h4-10,13H,1-3H3,(H,19,25). The van der Waals surface area contributed by atoms with E-state index in [4.69, 9.17) is 0 Å². The number of thioether (sulfide) groups is 1. The molecule has 0 aliphatic heterocycles. The minimum Gasteiger partial charge on any atom is -0.325 e. The number of aromatic nitrogens is 4. The van der Waals surface area contributed by atoms with E-state index >= 15 is 0 Å². The van der Waals surface area contributed by atoms with Crippen molar-refractivity contribution >= 4 is 29.0 Å². The van der Waals surface area contributed by atoms with Gasteiger partial charge in [-0.3, -0.25) is 14.9 Å². The number of anilines is 1. The van der Waals surface area contributed by atoms with Crippen molar-refractivity contribution in [3.8, 4) is 5.69 Å². The molecule has 1 atom stereocenters.